The summed E-state index contributed by atoms with van der Waals surface area (Å²) >= 11 is 0. The van der Waals surface area contributed by atoms with Gasteiger partial charge in [-0.2, -0.15) is 0 Å². The fraction of sp³-hybridized carbons (Fsp3) is 0.250. The van der Waals surface area contributed by atoms with E-state index in [0.29, 0.717) is 5.75 Å². The molecule has 0 radical (unpaired) electrons. The van der Waals surface area contributed by atoms with Gasteiger partial charge in [0.1, 0.15) is 11.3 Å². The smallest absolute Gasteiger partial charge is 0.341 e. The number of carbonyl (C=O) groups is 1. The van der Waals surface area contributed by atoms with Gasteiger partial charge in [-0.05, 0) is 6.92 Å². The van der Waals surface area contributed by atoms with Gasteiger partial charge in [-0.25, -0.2) is 4.79 Å². The third kappa shape index (κ3) is 1.37. The molecule has 1 rings (SSSR count). The number of aryl methyl sites for hydroxylation is 1. The molecule has 4 nitrogen and oxygen atoms in total. The van der Waals surface area contributed by atoms with Crippen molar-refractivity contribution in [2.45, 2.75) is 6.92 Å². The van der Waals surface area contributed by atoms with Gasteiger partial charge in [0.2, 0.25) is 0 Å². The van der Waals surface area contributed by atoms with Crippen molar-refractivity contribution < 1.29 is 14.6 Å². The first kappa shape index (κ1) is 8.52. The maximum atomic E-state index is 10.6. The highest BCUT2D eigenvalue weighted by molar-refractivity contribution is 5.90. The largest absolute Gasteiger partial charge is 0.495 e. The molecule has 0 fully saturated rings. The van der Waals surface area contributed by atoms with Gasteiger partial charge in [0.25, 0.3) is 0 Å². The molecule has 0 atom stereocenters. The average Bonchev–Trinajstić information content (AvgIpc) is 2.03. The summed E-state index contributed by atoms with van der Waals surface area (Å²) in [4.78, 5) is 14.4. The number of carboxylic acids is 1. The van der Waals surface area contributed by atoms with Crippen LogP contribution >= 0.6 is 0 Å². The molecule has 0 bridgehead atoms. The lowest BCUT2D eigenvalue weighted by molar-refractivity contribution is 0.0692. The summed E-state index contributed by atoms with van der Waals surface area (Å²) in [5.74, 6) is -0.652. The number of pyridine rings is 1. The SMILES string of the molecule is COc1c(C)cncc1C(=O)O. The first-order chi connectivity index (χ1) is 5.66. The van der Waals surface area contributed by atoms with Crippen molar-refractivity contribution in [3.05, 3.63) is 23.5 Å². The molecule has 4 heteroatoms. The Hall–Kier alpha value is -1.58. The first-order valence-corrected chi connectivity index (χ1v) is 3.38. The highest BCUT2D eigenvalue weighted by atomic mass is 16.5. The summed E-state index contributed by atoms with van der Waals surface area (Å²) in [6, 6.07) is 0. The molecule has 0 amide bonds. The third-order valence-corrected chi connectivity index (χ3v) is 1.51. The Labute approximate surface area is 69.8 Å². The van der Waals surface area contributed by atoms with Crippen molar-refractivity contribution >= 4 is 5.97 Å². The van der Waals surface area contributed by atoms with Gasteiger partial charge in [-0.15, -0.1) is 0 Å². The molecule has 1 aromatic heterocycles. The molecule has 1 aromatic rings. The summed E-state index contributed by atoms with van der Waals surface area (Å²) in [7, 11) is 1.44. The molecule has 0 saturated heterocycles. The quantitative estimate of drug-likeness (QED) is 0.716. The fourth-order valence-electron chi connectivity index (χ4n) is 0.977. The number of methoxy groups -OCH3 is 1. The van der Waals surface area contributed by atoms with Crippen molar-refractivity contribution in [2.24, 2.45) is 0 Å². The summed E-state index contributed by atoms with van der Waals surface area (Å²) in [5.41, 5.74) is 0.815. The number of hydrogen-bond donors (Lipinski definition) is 1. The van der Waals surface area contributed by atoms with Crippen LogP contribution in [-0.2, 0) is 0 Å². The van der Waals surface area contributed by atoms with E-state index in [2.05, 4.69) is 4.98 Å². The molecule has 0 unspecified atom stereocenters. The lowest BCUT2D eigenvalue weighted by Gasteiger charge is -2.05. The lowest BCUT2D eigenvalue weighted by atomic mass is 10.2. The Kier molecular flexibility index (Phi) is 2.28. The Morgan fingerprint density at radius 3 is 2.67 bits per heavy atom. The topological polar surface area (TPSA) is 59.4 Å². The molecular weight excluding hydrogens is 158 g/mol. The molecule has 0 aliphatic rings. The van der Waals surface area contributed by atoms with E-state index in [0.717, 1.165) is 5.56 Å². The monoisotopic (exact) mass is 167 g/mol. The summed E-state index contributed by atoms with van der Waals surface area (Å²) in [6.07, 6.45) is 2.83. The minimum absolute atomic E-state index is 0.0949. The van der Waals surface area contributed by atoms with Crippen LogP contribution in [0.1, 0.15) is 15.9 Å². The number of aromatic carboxylic acids is 1. The van der Waals surface area contributed by atoms with E-state index in [-0.39, 0.29) is 5.56 Å². The van der Waals surface area contributed by atoms with Crippen molar-refractivity contribution in [1.82, 2.24) is 4.98 Å². The van der Waals surface area contributed by atoms with Crippen molar-refractivity contribution in [2.75, 3.05) is 7.11 Å². The second-order valence-corrected chi connectivity index (χ2v) is 2.34. The molecule has 1 N–H and O–H groups in total. The van der Waals surface area contributed by atoms with Crippen LogP contribution in [0.15, 0.2) is 12.4 Å². The molecular formula is C8H9NO3. The Balaban J connectivity index is 3.27. The minimum atomic E-state index is -1.02. The summed E-state index contributed by atoms with van der Waals surface area (Å²) < 4.78 is 4.92. The van der Waals surface area contributed by atoms with Crippen LogP contribution in [0.25, 0.3) is 0 Å². The Morgan fingerprint density at radius 2 is 2.25 bits per heavy atom. The molecule has 0 spiro atoms. The maximum absolute atomic E-state index is 10.6. The minimum Gasteiger partial charge on any atom is -0.495 e. The Bertz CT molecular complexity index is 309. The van der Waals surface area contributed by atoms with Crippen LogP contribution in [-0.4, -0.2) is 23.2 Å². The zero-order valence-electron chi connectivity index (χ0n) is 6.87. The van der Waals surface area contributed by atoms with Crippen LogP contribution in [0.3, 0.4) is 0 Å². The van der Waals surface area contributed by atoms with Gasteiger partial charge >= 0.3 is 5.97 Å². The summed E-state index contributed by atoms with van der Waals surface area (Å²) in [5, 5.41) is 8.70. The second-order valence-electron chi connectivity index (χ2n) is 2.34. The van der Waals surface area contributed by atoms with Crippen LogP contribution in [0.5, 0.6) is 5.75 Å². The van der Waals surface area contributed by atoms with E-state index >= 15 is 0 Å². The number of nitrogens with zero attached hydrogens (tertiary/aromatic N) is 1. The van der Waals surface area contributed by atoms with Crippen molar-refractivity contribution in [3.8, 4) is 5.75 Å². The number of aromatic nitrogens is 1. The molecule has 64 valence electrons. The molecule has 0 saturated carbocycles. The van der Waals surface area contributed by atoms with Crippen molar-refractivity contribution in [3.63, 3.8) is 0 Å². The van der Waals surface area contributed by atoms with Crippen LogP contribution in [0.4, 0.5) is 0 Å². The zero-order valence-corrected chi connectivity index (χ0v) is 6.87. The standard InChI is InChI=1S/C8H9NO3/c1-5-3-9-4-6(8(10)11)7(5)12-2/h3-4H,1-2H3,(H,10,11). The molecule has 0 aromatic carbocycles. The Morgan fingerprint density at radius 1 is 1.58 bits per heavy atom. The van der Waals surface area contributed by atoms with E-state index in [9.17, 15) is 4.79 Å². The first-order valence-electron chi connectivity index (χ1n) is 3.38. The molecule has 1 heterocycles. The third-order valence-electron chi connectivity index (χ3n) is 1.51. The number of ether oxygens (including phenoxy) is 1. The lowest BCUT2D eigenvalue weighted by Crippen LogP contribution is -2.02. The van der Waals surface area contributed by atoms with E-state index in [1.165, 1.54) is 13.3 Å². The van der Waals surface area contributed by atoms with Crippen LogP contribution in [0, 0.1) is 6.92 Å². The fourth-order valence-corrected chi connectivity index (χ4v) is 0.977. The predicted molar refractivity (Wildman–Crippen MR) is 42.5 cm³/mol. The molecule has 0 aliphatic carbocycles. The van der Waals surface area contributed by atoms with Crippen LogP contribution < -0.4 is 4.74 Å². The van der Waals surface area contributed by atoms with E-state index in [1.54, 1.807) is 13.1 Å². The van der Waals surface area contributed by atoms with Gasteiger partial charge in [-0.3, -0.25) is 4.98 Å². The van der Waals surface area contributed by atoms with E-state index in [4.69, 9.17) is 9.84 Å². The number of carboxylic acid groups (broad SMARTS) is 1. The maximum Gasteiger partial charge on any atom is 0.341 e. The highest BCUT2D eigenvalue weighted by Gasteiger charge is 2.12. The average molecular weight is 167 g/mol. The number of rotatable bonds is 2. The zero-order chi connectivity index (χ0) is 9.14. The molecule has 12 heavy (non-hydrogen) atoms. The van der Waals surface area contributed by atoms with Crippen molar-refractivity contribution in [1.29, 1.82) is 0 Å². The van der Waals surface area contributed by atoms with E-state index < -0.39 is 5.97 Å². The van der Waals surface area contributed by atoms with E-state index in [1.807, 2.05) is 0 Å². The highest BCUT2D eigenvalue weighted by Crippen LogP contribution is 2.20. The molecule has 0 aliphatic heterocycles. The van der Waals surface area contributed by atoms with Gasteiger partial charge < -0.3 is 9.84 Å². The normalized spacial score (nSPS) is 9.50. The predicted octanol–water partition coefficient (Wildman–Crippen LogP) is 1.10. The van der Waals surface area contributed by atoms with Gasteiger partial charge in [0.05, 0.1) is 7.11 Å². The van der Waals surface area contributed by atoms with Crippen LogP contribution in [0.2, 0.25) is 0 Å². The van der Waals surface area contributed by atoms with Gasteiger partial charge in [0.15, 0.2) is 0 Å². The van der Waals surface area contributed by atoms with Gasteiger partial charge in [0, 0.05) is 18.0 Å². The van der Waals surface area contributed by atoms with Gasteiger partial charge in [-0.1, -0.05) is 0 Å². The number of hydrogen-bond acceptors (Lipinski definition) is 3. The second kappa shape index (κ2) is 3.21. The summed E-state index contributed by atoms with van der Waals surface area (Å²) in [6.45, 7) is 1.75.